The monoisotopic (exact) mass is 340 g/mol. The van der Waals surface area contributed by atoms with Crippen LogP contribution >= 0.6 is 11.6 Å². The van der Waals surface area contributed by atoms with Crippen LogP contribution in [0, 0.1) is 0 Å². The Kier molecular flexibility index (Phi) is 4.37. The van der Waals surface area contributed by atoms with E-state index >= 15 is 0 Å². The summed E-state index contributed by atoms with van der Waals surface area (Å²) in [5.41, 5.74) is 2.42. The van der Waals surface area contributed by atoms with Crippen molar-refractivity contribution in [2.75, 3.05) is 7.05 Å². The highest BCUT2D eigenvalue weighted by Gasteiger charge is 2.34. The molecule has 0 unspecified atom stereocenters. The highest BCUT2D eigenvalue weighted by molar-refractivity contribution is 6.31. The van der Waals surface area contributed by atoms with Crippen molar-refractivity contribution in [1.82, 2.24) is 9.88 Å². The van der Waals surface area contributed by atoms with Gasteiger partial charge in [0.15, 0.2) is 0 Å². The minimum Gasteiger partial charge on any atom is -0.361 e. The number of halogens is 1. The molecule has 124 valence electrons. The van der Waals surface area contributed by atoms with E-state index in [1.54, 1.807) is 4.90 Å². The Morgan fingerprint density at radius 2 is 1.88 bits per heavy atom. The summed E-state index contributed by atoms with van der Waals surface area (Å²) in [5.74, 6) is 0.0854. The first-order chi connectivity index (χ1) is 11.4. The third kappa shape index (κ3) is 3.04. The number of carbonyl (C=O) groups is 1. The lowest BCUT2D eigenvalue weighted by Gasteiger charge is -2.29. The first kappa shape index (κ1) is 16.6. The van der Waals surface area contributed by atoms with Crippen LogP contribution in [0.1, 0.15) is 25.0 Å². The van der Waals surface area contributed by atoms with E-state index in [4.69, 9.17) is 11.6 Å². The van der Waals surface area contributed by atoms with Crippen molar-refractivity contribution in [3.05, 3.63) is 70.9 Å². The van der Waals surface area contributed by atoms with E-state index in [-0.39, 0.29) is 5.91 Å². The number of aromatic amines is 1. The zero-order valence-electron chi connectivity index (χ0n) is 14.1. The largest absolute Gasteiger partial charge is 0.361 e. The van der Waals surface area contributed by atoms with Crippen molar-refractivity contribution in [3.63, 3.8) is 0 Å². The second-order valence-corrected chi connectivity index (χ2v) is 7.10. The van der Waals surface area contributed by atoms with Gasteiger partial charge >= 0.3 is 0 Å². The number of nitrogens with one attached hydrogen (secondary N) is 1. The van der Waals surface area contributed by atoms with Crippen molar-refractivity contribution < 1.29 is 4.79 Å². The van der Waals surface area contributed by atoms with Crippen LogP contribution in [-0.4, -0.2) is 22.8 Å². The van der Waals surface area contributed by atoms with Crippen LogP contribution in [0.15, 0.2) is 54.7 Å². The number of aromatic nitrogens is 1. The number of carbonyl (C=O) groups excluding carboxylic acids is 1. The summed E-state index contributed by atoms with van der Waals surface area (Å²) in [6.45, 7) is 4.53. The number of hydrogen-bond donors (Lipinski definition) is 1. The highest BCUT2D eigenvalue weighted by Crippen LogP contribution is 2.33. The van der Waals surface area contributed by atoms with Gasteiger partial charge in [0.25, 0.3) is 0 Å². The maximum absolute atomic E-state index is 13.1. The molecule has 3 nitrogen and oxygen atoms in total. The Labute approximate surface area is 147 Å². The number of rotatable bonds is 4. The Morgan fingerprint density at radius 3 is 2.58 bits per heavy atom. The molecule has 24 heavy (non-hydrogen) atoms. The maximum Gasteiger partial charge on any atom is 0.232 e. The fourth-order valence-electron chi connectivity index (χ4n) is 3.14. The van der Waals surface area contributed by atoms with Crippen LogP contribution in [0.4, 0.5) is 0 Å². The van der Waals surface area contributed by atoms with E-state index in [1.807, 2.05) is 75.6 Å². The maximum atomic E-state index is 13.1. The minimum absolute atomic E-state index is 0.0854. The topological polar surface area (TPSA) is 36.1 Å². The lowest BCUT2D eigenvalue weighted by molar-refractivity contribution is -0.135. The fourth-order valence-corrected chi connectivity index (χ4v) is 3.31. The van der Waals surface area contributed by atoms with Gasteiger partial charge in [0, 0.05) is 35.7 Å². The van der Waals surface area contributed by atoms with Crippen molar-refractivity contribution in [2.45, 2.75) is 25.8 Å². The molecular formula is C20H21ClN2O. The molecule has 0 aliphatic heterocycles. The minimum atomic E-state index is -0.629. The average Bonchev–Trinajstić information content (AvgIpc) is 2.98. The van der Waals surface area contributed by atoms with E-state index in [9.17, 15) is 4.79 Å². The van der Waals surface area contributed by atoms with E-state index < -0.39 is 5.41 Å². The predicted octanol–water partition coefficient (Wildman–Crippen LogP) is 4.76. The zero-order chi connectivity index (χ0) is 17.3. The predicted molar refractivity (Wildman–Crippen MR) is 99.3 cm³/mol. The molecule has 1 amide bonds. The molecule has 0 saturated heterocycles. The summed E-state index contributed by atoms with van der Waals surface area (Å²) < 4.78 is 0. The Bertz CT molecular complexity index is 868. The Hall–Kier alpha value is -2.26. The molecule has 1 aromatic heterocycles. The zero-order valence-corrected chi connectivity index (χ0v) is 14.9. The number of benzene rings is 2. The van der Waals surface area contributed by atoms with Gasteiger partial charge < -0.3 is 9.88 Å². The molecule has 0 saturated carbocycles. The molecular weight excluding hydrogens is 320 g/mol. The normalized spacial score (nSPS) is 11.7. The van der Waals surface area contributed by atoms with Gasteiger partial charge in [-0.15, -0.1) is 0 Å². The lowest BCUT2D eigenvalue weighted by Crippen LogP contribution is -2.40. The van der Waals surface area contributed by atoms with Gasteiger partial charge in [-0.2, -0.15) is 0 Å². The fraction of sp³-hybridized carbons (Fsp3) is 0.250. The molecule has 3 rings (SSSR count). The quantitative estimate of drug-likeness (QED) is 0.730. The summed E-state index contributed by atoms with van der Waals surface area (Å²) >= 11 is 6.05. The van der Waals surface area contributed by atoms with Crippen molar-refractivity contribution in [1.29, 1.82) is 0 Å². The molecule has 0 radical (unpaired) electrons. The van der Waals surface area contributed by atoms with Crippen LogP contribution in [0.5, 0.6) is 0 Å². The Morgan fingerprint density at radius 1 is 1.17 bits per heavy atom. The van der Waals surface area contributed by atoms with Gasteiger partial charge in [-0.05, 0) is 37.1 Å². The van der Waals surface area contributed by atoms with Crippen molar-refractivity contribution >= 4 is 28.4 Å². The van der Waals surface area contributed by atoms with Crippen LogP contribution in [-0.2, 0) is 16.8 Å². The summed E-state index contributed by atoms with van der Waals surface area (Å²) in [6, 6.07) is 15.7. The number of fused-ring (bicyclic) bond motifs is 1. The van der Waals surface area contributed by atoms with Gasteiger partial charge in [-0.1, -0.05) is 48.0 Å². The molecule has 2 aromatic carbocycles. The van der Waals surface area contributed by atoms with Gasteiger partial charge in [0.05, 0.1) is 5.41 Å². The van der Waals surface area contributed by atoms with Gasteiger partial charge in [0.1, 0.15) is 0 Å². The molecule has 0 aliphatic rings. The number of likely N-dealkylation sites (N-methyl/N-ethyl adjacent to an activating group) is 1. The molecule has 0 bridgehead atoms. The summed E-state index contributed by atoms with van der Waals surface area (Å²) in [7, 11) is 1.85. The lowest BCUT2D eigenvalue weighted by atomic mass is 9.83. The third-order valence-corrected chi connectivity index (χ3v) is 4.70. The van der Waals surface area contributed by atoms with E-state index in [0.29, 0.717) is 11.6 Å². The second kappa shape index (κ2) is 6.33. The first-order valence-corrected chi connectivity index (χ1v) is 8.34. The van der Waals surface area contributed by atoms with E-state index in [1.165, 1.54) is 0 Å². The Balaban J connectivity index is 1.89. The third-order valence-electron chi connectivity index (χ3n) is 4.46. The van der Waals surface area contributed by atoms with Crippen molar-refractivity contribution in [2.24, 2.45) is 0 Å². The molecule has 0 fully saturated rings. The molecule has 0 atom stereocenters. The highest BCUT2D eigenvalue weighted by atomic mass is 35.5. The molecule has 0 spiro atoms. The van der Waals surface area contributed by atoms with Crippen molar-refractivity contribution in [3.8, 4) is 0 Å². The van der Waals surface area contributed by atoms with Crippen LogP contribution in [0.25, 0.3) is 10.9 Å². The number of amides is 1. The van der Waals surface area contributed by atoms with E-state index in [0.717, 1.165) is 22.0 Å². The molecule has 0 aliphatic carbocycles. The number of H-pyrrole nitrogens is 1. The van der Waals surface area contributed by atoms with E-state index in [2.05, 4.69) is 4.98 Å². The first-order valence-electron chi connectivity index (χ1n) is 7.96. The summed E-state index contributed by atoms with van der Waals surface area (Å²) in [6.07, 6.45) is 1.91. The number of hydrogen-bond acceptors (Lipinski definition) is 1. The van der Waals surface area contributed by atoms with Crippen LogP contribution in [0.3, 0.4) is 0 Å². The molecule has 4 heteroatoms. The second-order valence-electron chi connectivity index (χ2n) is 6.66. The molecule has 3 aromatic rings. The molecule has 1 heterocycles. The number of nitrogens with zero attached hydrogens (tertiary/aromatic N) is 1. The van der Waals surface area contributed by atoms with Gasteiger partial charge in [0.2, 0.25) is 5.91 Å². The van der Waals surface area contributed by atoms with Crippen LogP contribution in [0.2, 0.25) is 5.02 Å². The SMILES string of the molecule is CN(Cc1ccccc1)C(=O)C(C)(C)c1c[nH]c2cc(Cl)ccc12. The van der Waals surface area contributed by atoms with Crippen LogP contribution < -0.4 is 0 Å². The summed E-state index contributed by atoms with van der Waals surface area (Å²) in [4.78, 5) is 18.1. The average molecular weight is 341 g/mol. The standard InChI is InChI=1S/C20H21ClN2O/c1-20(2,17-12-22-18-11-15(21)9-10-16(17)18)19(24)23(3)13-14-7-5-4-6-8-14/h4-12,22H,13H2,1-3H3. The van der Waals surface area contributed by atoms with Gasteiger partial charge in [-0.3, -0.25) is 4.79 Å². The smallest absolute Gasteiger partial charge is 0.232 e. The van der Waals surface area contributed by atoms with Gasteiger partial charge in [-0.25, -0.2) is 0 Å². The molecule has 1 N–H and O–H groups in total. The summed E-state index contributed by atoms with van der Waals surface area (Å²) in [5, 5.41) is 1.71.